The Labute approximate surface area is 182 Å². The highest BCUT2D eigenvalue weighted by Crippen LogP contribution is 2.42. The summed E-state index contributed by atoms with van der Waals surface area (Å²) in [4.78, 5) is 13.1. The van der Waals surface area contributed by atoms with E-state index in [2.05, 4.69) is 11.9 Å². The molecule has 0 radical (unpaired) electrons. The van der Waals surface area contributed by atoms with Crippen LogP contribution in [0.3, 0.4) is 0 Å². The first-order chi connectivity index (χ1) is 15.0. The van der Waals surface area contributed by atoms with E-state index < -0.39 is 15.9 Å². The van der Waals surface area contributed by atoms with Crippen LogP contribution in [0.2, 0.25) is 0 Å². The molecule has 0 aromatic heterocycles. The molecule has 4 rings (SSSR count). The molecule has 3 aromatic carbocycles. The average molecular weight is 431 g/mol. The first kappa shape index (κ1) is 20.6. The highest BCUT2D eigenvalue weighted by atomic mass is 32.2. The maximum atomic E-state index is 13.7. The van der Waals surface area contributed by atoms with E-state index >= 15 is 0 Å². The fourth-order valence-corrected chi connectivity index (χ4v) is 5.42. The van der Waals surface area contributed by atoms with Gasteiger partial charge < -0.3 is 5.32 Å². The van der Waals surface area contributed by atoms with Gasteiger partial charge in [0.2, 0.25) is 0 Å². The SMILES string of the molecule is C=CCN1c2ccccc2C(c2ccccc2)=C(C(=O)NCc2ccccc2)S1(=O)=O. The topological polar surface area (TPSA) is 66.5 Å². The highest BCUT2D eigenvalue weighted by Gasteiger charge is 2.40. The molecule has 3 aromatic rings. The molecule has 6 heteroatoms. The second-order valence-corrected chi connectivity index (χ2v) is 8.88. The van der Waals surface area contributed by atoms with Crippen LogP contribution >= 0.6 is 0 Å². The maximum Gasteiger partial charge on any atom is 0.270 e. The van der Waals surface area contributed by atoms with Gasteiger partial charge in [-0.3, -0.25) is 9.10 Å². The lowest BCUT2D eigenvalue weighted by molar-refractivity contribution is -0.116. The van der Waals surface area contributed by atoms with Crippen molar-refractivity contribution >= 4 is 27.2 Å². The molecule has 0 spiro atoms. The van der Waals surface area contributed by atoms with E-state index in [1.54, 1.807) is 12.1 Å². The van der Waals surface area contributed by atoms with Crippen LogP contribution in [0.15, 0.2) is 102 Å². The van der Waals surface area contributed by atoms with Crippen molar-refractivity contribution in [1.29, 1.82) is 0 Å². The number of nitrogens with zero attached hydrogens (tertiary/aromatic N) is 1. The standard InChI is InChI=1S/C25H22N2O3S/c1-2-17-27-22-16-10-9-15-21(22)23(20-13-7-4-8-14-20)24(31(27,29)30)25(28)26-18-19-11-5-3-6-12-19/h2-16H,1,17-18H2,(H,26,28). The van der Waals surface area contributed by atoms with Crippen LogP contribution in [0.25, 0.3) is 5.57 Å². The number of anilines is 1. The summed E-state index contributed by atoms with van der Waals surface area (Å²) in [6.07, 6.45) is 1.52. The zero-order valence-corrected chi connectivity index (χ0v) is 17.7. The van der Waals surface area contributed by atoms with Gasteiger partial charge in [-0.2, -0.15) is 0 Å². The molecule has 31 heavy (non-hydrogen) atoms. The molecule has 1 heterocycles. The maximum absolute atomic E-state index is 13.7. The van der Waals surface area contributed by atoms with E-state index in [4.69, 9.17) is 0 Å². The summed E-state index contributed by atoms with van der Waals surface area (Å²) in [5.41, 5.74) is 3.18. The Balaban J connectivity index is 1.90. The number of rotatable bonds is 6. The van der Waals surface area contributed by atoms with E-state index in [1.807, 2.05) is 72.8 Å². The lowest BCUT2D eigenvalue weighted by atomic mass is 9.95. The number of nitrogens with one attached hydrogen (secondary N) is 1. The molecule has 0 aliphatic carbocycles. The van der Waals surface area contributed by atoms with Gasteiger partial charge >= 0.3 is 0 Å². The van der Waals surface area contributed by atoms with Crippen molar-refractivity contribution in [3.8, 4) is 0 Å². The first-order valence-corrected chi connectivity index (χ1v) is 11.3. The monoisotopic (exact) mass is 430 g/mol. The smallest absolute Gasteiger partial charge is 0.270 e. The first-order valence-electron chi connectivity index (χ1n) is 9.89. The van der Waals surface area contributed by atoms with Gasteiger partial charge in [-0.25, -0.2) is 8.42 Å². The number of benzene rings is 3. The second-order valence-electron chi connectivity index (χ2n) is 7.08. The number of fused-ring (bicyclic) bond motifs is 1. The quantitative estimate of drug-likeness (QED) is 0.599. The third kappa shape index (κ3) is 3.90. The minimum absolute atomic E-state index is 0.0664. The fourth-order valence-electron chi connectivity index (χ4n) is 3.69. The summed E-state index contributed by atoms with van der Waals surface area (Å²) >= 11 is 0. The molecule has 5 nitrogen and oxygen atoms in total. The Kier molecular flexibility index (Phi) is 5.73. The van der Waals surface area contributed by atoms with Crippen LogP contribution in [-0.4, -0.2) is 20.9 Å². The van der Waals surface area contributed by atoms with Gasteiger partial charge in [-0.15, -0.1) is 6.58 Å². The van der Waals surface area contributed by atoms with Crippen LogP contribution < -0.4 is 9.62 Å². The van der Waals surface area contributed by atoms with Crippen molar-refractivity contribution in [3.05, 3.63) is 119 Å². The molecule has 1 amide bonds. The lowest BCUT2D eigenvalue weighted by Gasteiger charge is -2.32. The van der Waals surface area contributed by atoms with Gasteiger partial charge in [0, 0.05) is 17.7 Å². The molecule has 1 aliphatic rings. The Morgan fingerprint density at radius 2 is 1.52 bits per heavy atom. The lowest BCUT2D eigenvalue weighted by Crippen LogP contribution is -2.41. The molecule has 0 saturated heterocycles. The number of amides is 1. The minimum atomic E-state index is -4.11. The summed E-state index contributed by atoms with van der Waals surface area (Å²) < 4.78 is 28.6. The Morgan fingerprint density at radius 1 is 0.903 bits per heavy atom. The van der Waals surface area contributed by atoms with Crippen molar-refractivity contribution in [3.63, 3.8) is 0 Å². The largest absolute Gasteiger partial charge is 0.347 e. The predicted octanol–water partition coefficient (Wildman–Crippen LogP) is 4.10. The molecule has 156 valence electrons. The van der Waals surface area contributed by atoms with Gasteiger partial charge in [0.15, 0.2) is 4.91 Å². The number of sulfonamides is 1. The predicted molar refractivity (Wildman–Crippen MR) is 124 cm³/mol. The van der Waals surface area contributed by atoms with E-state index in [0.29, 0.717) is 22.4 Å². The summed E-state index contributed by atoms with van der Waals surface area (Å²) in [5.74, 6) is -0.633. The number of hydrogen-bond acceptors (Lipinski definition) is 3. The van der Waals surface area contributed by atoms with Gasteiger partial charge in [-0.05, 0) is 17.2 Å². The molecule has 0 bridgehead atoms. The van der Waals surface area contributed by atoms with Crippen molar-refractivity contribution in [1.82, 2.24) is 5.32 Å². The second kappa shape index (κ2) is 8.62. The average Bonchev–Trinajstić information content (AvgIpc) is 2.80. The van der Waals surface area contributed by atoms with Gasteiger partial charge in [0.05, 0.1) is 12.2 Å². The summed E-state index contributed by atoms with van der Waals surface area (Å²) in [7, 11) is -4.11. The molecule has 0 saturated carbocycles. The molecule has 0 atom stereocenters. The summed E-state index contributed by atoms with van der Waals surface area (Å²) in [5, 5.41) is 2.79. The number of para-hydroxylation sites is 1. The highest BCUT2D eigenvalue weighted by molar-refractivity contribution is 7.97. The Morgan fingerprint density at radius 3 is 2.19 bits per heavy atom. The molecule has 0 fully saturated rings. The van der Waals surface area contributed by atoms with Crippen LogP contribution in [0.1, 0.15) is 16.7 Å². The third-order valence-corrected chi connectivity index (χ3v) is 6.91. The van der Waals surface area contributed by atoms with Crippen LogP contribution in [0.4, 0.5) is 5.69 Å². The molecule has 1 N–H and O–H groups in total. The van der Waals surface area contributed by atoms with Crippen molar-refractivity contribution in [2.45, 2.75) is 6.54 Å². The summed E-state index contributed by atoms with van der Waals surface area (Å²) in [6.45, 7) is 3.99. The Hall–Kier alpha value is -3.64. The van der Waals surface area contributed by atoms with E-state index in [0.717, 1.165) is 5.56 Å². The van der Waals surface area contributed by atoms with E-state index in [1.165, 1.54) is 10.4 Å². The van der Waals surface area contributed by atoms with Crippen LogP contribution in [0.5, 0.6) is 0 Å². The van der Waals surface area contributed by atoms with Crippen molar-refractivity contribution in [2.75, 3.05) is 10.8 Å². The summed E-state index contributed by atoms with van der Waals surface area (Å²) in [6, 6.07) is 25.7. The molecule has 1 aliphatic heterocycles. The zero-order chi connectivity index (χ0) is 21.8. The van der Waals surface area contributed by atoms with Gasteiger partial charge in [0.1, 0.15) is 0 Å². The fraction of sp³-hybridized carbons (Fsp3) is 0.0800. The number of carbonyl (C=O) groups is 1. The van der Waals surface area contributed by atoms with E-state index in [9.17, 15) is 13.2 Å². The number of carbonyl (C=O) groups excluding carboxylic acids is 1. The van der Waals surface area contributed by atoms with Crippen molar-refractivity contribution in [2.24, 2.45) is 0 Å². The molecular weight excluding hydrogens is 408 g/mol. The zero-order valence-electron chi connectivity index (χ0n) is 16.9. The Bertz CT molecular complexity index is 1250. The number of hydrogen-bond donors (Lipinski definition) is 1. The normalized spacial score (nSPS) is 14.6. The van der Waals surface area contributed by atoms with Crippen LogP contribution in [-0.2, 0) is 21.4 Å². The molecule has 0 unspecified atom stereocenters. The van der Waals surface area contributed by atoms with Gasteiger partial charge in [-0.1, -0.05) is 84.9 Å². The molecular formula is C25H22N2O3S. The third-order valence-electron chi connectivity index (χ3n) is 5.08. The van der Waals surface area contributed by atoms with Gasteiger partial charge in [0.25, 0.3) is 15.9 Å². The van der Waals surface area contributed by atoms with Crippen molar-refractivity contribution < 1.29 is 13.2 Å². The minimum Gasteiger partial charge on any atom is -0.347 e. The van der Waals surface area contributed by atoms with Crippen LogP contribution in [0, 0.1) is 0 Å². The van der Waals surface area contributed by atoms with E-state index in [-0.39, 0.29) is 18.0 Å².